The molecule has 0 amide bonds. The van der Waals surface area contributed by atoms with Crippen LogP contribution in [0.2, 0.25) is 0 Å². The van der Waals surface area contributed by atoms with Crippen LogP contribution in [0.3, 0.4) is 0 Å². The van der Waals surface area contributed by atoms with E-state index in [0.717, 1.165) is 54.5 Å². The van der Waals surface area contributed by atoms with Gasteiger partial charge in [0.1, 0.15) is 5.75 Å². The Morgan fingerprint density at radius 1 is 1.21 bits per heavy atom. The standard InChI is InChI=1S/C18H25F3N2O/c1-4-13(5-2)11-22-9-8-15-12(3)23-17-7-6-14(10-16(15)17)24-18(19,20)21/h6-7,10,13,22-23H,4-5,8-9,11H2,1-3H3. The Bertz CT molecular complexity index is 660. The van der Waals surface area contributed by atoms with Crippen molar-refractivity contribution in [3.63, 3.8) is 0 Å². The molecule has 3 nitrogen and oxygen atoms in total. The molecule has 134 valence electrons. The Kier molecular flexibility index (Phi) is 6.15. The Labute approximate surface area is 140 Å². The van der Waals surface area contributed by atoms with E-state index in [9.17, 15) is 13.2 Å². The highest BCUT2D eigenvalue weighted by atomic mass is 19.4. The van der Waals surface area contributed by atoms with Crippen LogP contribution >= 0.6 is 0 Å². The monoisotopic (exact) mass is 342 g/mol. The molecule has 0 saturated heterocycles. The van der Waals surface area contributed by atoms with Crippen molar-refractivity contribution in [3.05, 3.63) is 29.5 Å². The van der Waals surface area contributed by atoms with E-state index in [-0.39, 0.29) is 5.75 Å². The maximum atomic E-state index is 12.4. The zero-order chi connectivity index (χ0) is 17.7. The van der Waals surface area contributed by atoms with Gasteiger partial charge >= 0.3 is 6.36 Å². The van der Waals surface area contributed by atoms with Crippen LogP contribution in [0.1, 0.15) is 37.9 Å². The number of ether oxygens (including phenoxy) is 1. The lowest BCUT2D eigenvalue weighted by Gasteiger charge is -2.13. The number of hydrogen-bond acceptors (Lipinski definition) is 2. The number of rotatable bonds is 8. The SMILES string of the molecule is CCC(CC)CNCCc1c(C)[nH]c2ccc(OC(F)(F)F)cc12. The van der Waals surface area contributed by atoms with E-state index in [1.807, 2.05) is 6.92 Å². The lowest BCUT2D eigenvalue weighted by atomic mass is 10.0. The minimum atomic E-state index is -4.67. The van der Waals surface area contributed by atoms with Crippen molar-refractivity contribution in [2.45, 2.75) is 46.4 Å². The van der Waals surface area contributed by atoms with Crippen molar-refractivity contribution < 1.29 is 17.9 Å². The summed E-state index contributed by atoms with van der Waals surface area (Å²) in [4.78, 5) is 3.22. The Morgan fingerprint density at radius 2 is 1.92 bits per heavy atom. The van der Waals surface area contributed by atoms with Crippen molar-refractivity contribution in [3.8, 4) is 5.75 Å². The van der Waals surface area contributed by atoms with Crippen LogP contribution in [-0.4, -0.2) is 24.4 Å². The molecule has 0 bridgehead atoms. The number of nitrogens with one attached hydrogen (secondary N) is 2. The summed E-state index contributed by atoms with van der Waals surface area (Å²) >= 11 is 0. The molecule has 6 heteroatoms. The van der Waals surface area contributed by atoms with Gasteiger partial charge in [-0.2, -0.15) is 0 Å². The van der Waals surface area contributed by atoms with Crippen LogP contribution in [0.4, 0.5) is 13.2 Å². The second-order valence-corrected chi connectivity index (χ2v) is 6.12. The van der Waals surface area contributed by atoms with E-state index in [2.05, 4.69) is 28.9 Å². The number of H-pyrrole nitrogens is 1. The van der Waals surface area contributed by atoms with Gasteiger partial charge in [0.15, 0.2) is 0 Å². The molecule has 0 spiro atoms. The zero-order valence-corrected chi connectivity index (χ0v) is 14.4. The molecular formula is C18H25F3N2O. The highest BCUT2D eigenvalue weighted by molar-refractivity contribution is 5.86. The quantitative estimate of drug-likeness (QED) is 0.667. The molecular weight excluding hydrogens is 317 g/mol. The van der Waals surface area contributed by atoms with Gasteiger partial charge in [0.25, 0.3) is 0 Å². The average molecular weight is 342 g/mol. The first-order valence-corrected chi connectivity index (χ1v) is 8.41. The highest BCUT2D eigenvalue weighted by Gasteiger charge is 2.31. The van der Waals surface area contributed by atoms with E-state index in [4.69, 9.17) is 0 Å². The zero-order valence-electron chi connectivity index (χ0n) is 14.4. The third-order valence-corrected chi connectivity index (χ3v) is 4.46. The molecule has 24 heavy (non-hydrogen) atoms. The van der Waals surface area contributed by atoms with Crippen molar-refractivity contribution in [1.82, 2.24) is 10.3 Å². The summed E-state index contributed by atoms with van der Waals surface area (Å²) in [6.45, 7) is 8.08. The topological polar surface area (TPSA) is 37.0 Å². The van der Waals surface area contributed by atoms with Gasteiger partial charge in [0, 0.05) is 16.6 Å². The summed E-state index contributed by atoms with van der Waals surface area (Å²) in [6.07, 6.45) is -1.61. The summed E-state index contributed by atoms with van der Waals surface area (Å²) in [7, 11) is 0. The Morgan fingerprint density at radius 3 is 2.54 bits per heavy atom. The molecule has 0 saturated carbocycles. The second kappa shape index (κ2) is 7.92. The first-order chi connectivity index (χ1) is 11.3. The molecule has 0 fully saturated rings. The van der Waals surface area contributed by atoms with Crippen LogP contribution in [0.5, 0.6) is 5.75 Å². The van der Waals surface area contributed by atoms with Gasteiger partial charge in [0.2, 0.25) is 0 Å². The van der Waals surface area contributed by atoms with Crippen molar-refractivity contribution in [2.24, 2.45) is 5.92 Å². The summed E-state index contributed by atoms with van der Waals surface area (Å²) in [5.74, 6) is 0.487. The van der Waals surface area contributed by atoms with Gasteiger partial charge < -0.3 is 15.0 Å². The average Bonchev–Trinajstić information content (AvgIpc) is 2.81. The molecule has 0 radical (unpaired) electrons. The number of alkyl halides is 3. The number of fused-ring (bicyclic) bond motifs is 1. The van der Waals surface area contributed by atoms with Crippen molar-refractivity contribution >= 4 is 10.9 Å². The number of aromatic amines is 1. The van der Waals surface area contributed by atoms with E-state index >= 15 is 0 Å². The molecule has 0 unspecified atom stereocenters. The molecule has 1 aromatic carbocycles. The van der Waals surface area contributed by atoms with Crippen LogP contribution in [0.15, 0.2) is 18.2 Å². The predicted octanol–water partition coefficient (Wildman–Crippen LogP) is 4.94. The lowest BCUT2D eigenvalue weighted by Crippen LogP contribution is -2.24. The molecule has 0 aliphatic carbocycles. The Hall–Kier alpha value is -1.69. The number of aromatic nitrogens is 1. The summed E-state index contributed by atoms with van der Waals surface area (Å²) < 4.78 is 41.2. The molecule has 1 heterocycles. The van der Waals surface area contributed by atoms with Gasteiger partial charge in [-0.3, -0.25) is 0 Å². The molecule has 2 rings (SSSR count). The van der Waals surface area contributed by atoms with E-state index in [1.54, 1.807) is 6.07 Å². The fraction of sp³-hybridized carbons (Fsp3) is 0.556. The third-order valence-electron chi connectivity index (χ3n) is 4.46. The second-order valence-electron chi connectivity index (χ2n) is 6.12. The summed E-state index contributed by atoms with van der Waals surface area (Å²) in [6, 6.07) is 4.42. The largest absolute Gasteiger partial charge is 0.573 e. The van der Waals surface area contributed by atoms with Crippen LogP contribution in [0, 0.1) is 12.8 Å². The van der Waals surface area contributed by atoms with Crippen LogP contribution in [-0.2, 0) is 6.42 Å². The Balaban J connectivity index is 2.08. The smallest absolute Gasteiger partial charge is 0.406 e. The minimum absolute atomic E-state index is 0.180. The van der Waals surface area contributed by atoms with E-state index in [0.29, 0.717) is 5.92 Å². The van der Waals surface area contributed by atoms with Gasteiger partial charge in [-0.15, -0.1) is 13.2 Å². The fourth-order valence-electron chi connectivity index (χ4n) is 2.98. The van der Waals surface area contributed by atoms with Crippen LogP contribution < -0.4 is 10.1 Å². The molecule has 0 aliphatic heterocycles. The maximum Gasteiger partial charge on any atom is 0.573 e. The lowest BCUT2D eigenvalue weighted by molar-refractivity contribution is -0.274. The molecule has 0 aliphatic rings. The molecule has 1 aromatic heterocycles. The molecule has 2 aromatic rings. The first kappa shape index (κ1) is 18.6. The summed E-state index contributed by atoms with van der Waals surface area (Å²) in [5.41, 5.74) is 2.85. The normalized spacial score (nSPS) is 12.3. The van der Waals surface area contributed by atoms with Gasteiger partial charge in [-0.25, -0.2) is 0 Å². The summed E-state index contributed by atoms with van der Waals surface area (Å²) in [5, 5.41) is 4.24. The van der Waals surface area contributed by atoms with Crippen LogP contribution in [0.25, 0.3) is 10.9 Å². The number of halogens is 3. The number of benzene rings is 1. The molecule has 2 N–H and O–H groups in total. The van der Waals surface area contributed by atoms with Crippen molar-refractivity contribution in [2.75, 3.05) is 13.1 Å². The maximum absolute atomic E-state index is 12.4. The predicted molar refractivity (Wildman–Crippen MR) is 90.4 cm³/mol. The van der Waals surface area contributed by atoms with Gasteiger partial charge in [-0.05, 0) is 56.1 Å². The highest BCUT2D eigenvalue weighted by Crippen LogP contribution is 2.29. The third kappa shape index (κ3) is 4.90. The first-order valence-electron chi connectivity index (χ1n) is 8.41. The van der Waals surface area contributed by atoms with Gasteiger partial charge in [0.05, 0.1) is 0 Å². The van der Waals surface area contributed by atoms with Crippen molar-refractivity contribution in [1.29, 1.82) is 0 Å². The number of hydrogen-bond donors (Lipinski definition) is 2. The fourth-order valence-corrected chi connectivity index (χ4v) is 2.98. The van der Waals surface area contributed by atoms with E-state index < -0.39 is 6.36 Å². The molecule has 0 atom stereocenters. The number of aryl methyl sites for hydroxylation is 1. The van der Waals surface area contributed by atoms with E-state index in [1.165, 1.54) is 12.1 Å². The minimum Gasteiger partial charge on any atom is -0.406 e. The van der Waals surface area contributed by atoms with Gasteiger partial charge in [-0.1, -0.05) is 26.7 Å².